The molecule has 36 heavy (non-hydrogen) atoms. The van der Waals surface area contributed by atoms with E-state index in [2.05, 4.69) is 36.2 Å². The van der Waals surface area contributed by atoms with Crippen molar-refractivity contribution in [3.63, 3.8) is 0 Å². The first kappa shape index (κ1) is 24.9. The third kappa shape index (κ3) is 5.22. The lowest BCUT2D eigenvalue weighted by atomic mass is 10.2. The Hall–Kier alpha value is -4.20. The van der Waals surface area contributed by atoms with Gasteiger partial charge in [-0.25, -0.2) is 32.3 Å². The van der Waals surface area contributed by atoms with Crippen LogP contribution in [0.4, 0.5) is 24.8 Å². The van der Waals surface area contributed by atoms with Crippen LogP contribution < -0.4 is 27.0 Å². The summed E-state index contributed by atoms with van der Waals surface area (Å²) in [5.74, 6) is -4.27. The number of hydrogen-bond acceptors (Lipinski definition) is 7. The Kier molecular flexibility index (Phi) is 7.05. The third-order valence-electron chi connectivity index (χ3n) is 5.01. The van der Waals surface area contributed by atoms with Crippen molar-refractivity contribution in [2.24, 2.45) is 0 Å². The minimum atomic E-state index is -1.66. The molecule has 4 aromatic rings. The molecule has 14 heteroatoms. The van der Waals surface area contributed by atoms with Gasteiger partial charge in [0.25, 0.3) is 5.56 Å². The summed E-state index contributed by atoms with van der Waals surface area (Å²) < 4.78 is 48.0. The van der Waals surface area contributed by atoms with Gasteiger partial charge in [0.2, 0.25) is 5.95 Å². The average molecular weight is 565 g/mol. The zero-order chi connectivity index (χ0) is 26.0. The van der Waals surface area contributed by atoms with E-state index < -0.39 is 47.5 Å². The number of rotatable bonds is 7. The number of halogens is 4. The first-order valence-corrected chi connectivity index (χ1v) is 11.0. The summed E-state index contributed by atoms with van der Waals surface area (Å²) in [5.41, 5.74) is -2.47. The number of nitrogens with zero attached hydrogens (tertiary/aromatic N) is 4. The van der Waals surface area contributed by atoms with Crippen LogP contribution in [0.2, 0.25) is 0 Å². The molecular weight excluding hydrogens is 549 g/mol. The van der Waals surface area contributed by atoms with Crippen LogP contribution in [0.3, 0.4) is 0 Å². The number of aromatic nitrogens is 5. The number of H-pyrrole nitrogens is 1. The molecule has 0 aliphatic heterocycles. The second-order valence-corrected chi connectivity index (χ2v) is 8.21. The molecule has 0 unspecified atom stereocenters. The molecule has 2 aromatic carbocycles. The Labute approximate surface area is 208 Å². The largest absolute Gasteiger partial charge is 0.497 e. The van der Waals surface area contributed by atoms with Crippen molar-refractivity contribution < 1.29 is 17.9 Å². The lowest BCUT2D eigenvalue weighted by Gasteiger charge is -2.16. The van der Waals surface area contributed by atoms with Crippen molar-refractivity contribution in [3.8, 4) is 5.75 Å². The molecule has 0 saturated heterocycles. The van der Waals surface area contributed by atoms with Gasteiger partial charge in [-0.2, -0.15) is 4.98 Å². The van der Waals surface area contributed by atoms with Gasteiger partial charge < -0.3 is 15.0 Å². The number of methoxy groups -OCH3 is 1. The lowest BCUT2D eigenvalue weighted by molar-refractivity contribution is 0.415. The molecule has 10 nitrogen and oxygen atoms in total. The highest BCUT2D eigenvalue weighted by Gasteiger charge is 2.18. The summed E-state index contributed by atoms with van der Waals surface area (Å²) in [6.45, 7) is -1.02. The Bertz CT molecular complexity index is 1600. The predicted octanol–water partition coefficient (Wildman–Crippen LogP) is 2.52. The molecule has 0 amide bonds. The van der Waals surface area contributed by atoms with Gasteiger partial charge in [0.1, 0.15) is 16.0 Å². The molecule has 0 saturated carbocycles. The number of hydrogen-bond donors (Lipinski definition) is 2. The number of anilines is 2. The Morgan fingerprint density at radius 1 is 1.00 bits per heavy atom. The van der Waals surface area contributed by atoms with Gasteiger partial charge in [-0.3, -0.25) is 9.36 Å². The maximum absolute atomic E-state index is 13.8. The highest BCUT2D eigenvalue weighted by molar-refractivity contribution is 9.10. The van der Waals surface area contributed by atoms with Crippen molar-refractivity contribution in [2.45, 2.75) is 13.1 Å². The first-order chi connectivity index (χ1) is 17.2. The topological polar surface area (TPSA) is 124 Å². The van der Waals surface area contributed by atoms with Crippen molar-refractivity contribution in [1.29, 1.82) is 0 Å². The SMILES string of the molecule is COc1ccc(Nc2nc(=O)n(Cc3nc(Br)c[nH]c3=O)c(=O)n2Cc2cc(F)c(F)c(F)c2)cc1. The fraction of sp³-hybridized carbons (Fsp3) is 0.136. The Balaban J connectivity index is 1.83. The van der Waals surface area contributed by atoms with E-state index in [9.17, 15) is 27.6 Å². The molecule has 186 valence electrons. The van der Waals surface area contributed by atoms with Crippen LogP contribution in [0.5, 0.6) is 5.75 Å². The molecule has 2 N–H and O–H groups in total. The maximum Gasteiger partial charge on any atom is 0.355 e. The minimum absolute atomic E-state index is 0.114. The number of ether oxygens (including phenoxy) is 1. The molecular formula is C22H16BrF3N6O4. The summed E-state index contributed by atoms with van der Waals surface area (Å²) in [4.78, 5) is 48.5. The van der Waals surface area contributed by atoms with Crippen LogP contribution >= 0.6 is 15.9 Å². The molecule has 0 bridgehead atoms. The van der Waals surface area contributed by atoms with E-state index in [0.29, 0.717) is 16.0 Å². The predicted molar refractivity (Wildman–Crippen MR) is 126 cm³/mol. The quantitative estimate of drug-likeness (QED) is 0.330. The standard InChI is InChI=1S/C22H16BrF3N6O4/c1-36-13-4-2-12(3-5-13)28-20-30-21(34)32(10-16-19(33)27-8-17(23)29-16)22(35)31(20)9-11-6-14(24)18(26)15(25)7-11/h2-8H,9-10H2,1H3,(H,27,33)(H,28,30,34). The second kappa shape index (κ2) is 10.2. The number of nitrogens with one attached hydrogen (secondary N) is 2. The van der Waals surface area contributed by atoms with Crippen molar-refractivity contribution in [3.05, 3.63) is 107 Å². The summed E-state index contributed by atoms with van der Waals surface area (Å²) in [7, 11) is 1.48. The zero-order valence-electron chi connectivity index (χ0n) is 18.4. The van der Waals surface area contributed by atoms with Crippen LogP contribution in [0, 0.1) is 17.5 Å². The summed E-state index contributed by atoms with van der Waals surface area (Å²) in [6, 6.07) is 7.84. The van der Waals surface area contributed by atoms with E-state index in [0.717, 1.165) is 16.7 Å². The van der Waals surface area contributed by atoms with Crippen LogP contribution in [-0.4, -0.2) is 31.2 Å². The fourth-order valence-electron chi connectivity index (χ4n) is 3.27. The van der Waals surface area contributed by atoms with Gasteiger partial charge in [-0.05, 0) is 57.9 Å². The molecule has 2 aromatic heterocycles. The van der Waals surface area contributed by atoms with Gasteiger partial charge in [0.05, 0.1) is 20.2 Å². The van der Waals surface area contributed by atoms with Gasteiger partial charge in [-0.1, -0.05) is 0 Å². The normalized spacial score (nSPS) is 10.9. The molecule has 0 aliphatic carbocycles. The summed E-state index contributed by atoms with van der Waals surface area (Å²) in [6.07, 6.45) is 1.28. The molecule has 2 heterocycles. The molecule has 0 spiro atoms. The summed E-state index contributed by atoms with van der Waals surface area (Å²) in [5, 5.41) is 2.81. The molecule has 4 rings (SSSR count). The van der Waals surface area contributed by atoms with E-state index in [4.69, 9.17) is 4.74 Å². The Morgan fingerprint density at radius 3 is 2.31 bits per heavy atom. The van der Waals surface area contributed by atoms with Gasteiger partial charge >= 0.3 is 11.4 Å². The molecule has 0 aliphatic rings. The van der Waals surface area contributed by atoms with Gasteiger partial charge in [0, 0.05) is 11.9 Å². The number of benzene rings is 2. The van der Waals surface area contributed by atoms with Crippen LogP contribution in [0.15, 0.2) is 61.6 Å². The van der Waals surface area contributed by atoms with Crippen LogP contribution in [0.1, 0.15) is 11.3 Å². The highest BCUT2D eigenvalue weighted by atomic mass is 79.9. The van der Waals surface area contributed by atoms with E-state index in [-0.39, 0.29) is 21.8 Å². The van der Waals surface area contributed by atoms with Gasteiger partial charge in [-0.15, -0.1) is 0 Å². The first-order valence-electron chi connectivity index (χ1n) is 10.2. The van der Waals surface area contributed by atoms with Crippen molar-refractivity contribution >= 4 is 27.6 Å². The average Bonchev–Trinajstić information content (AvgIpc) is 2.85. The van der Waals surface area contributed by atoms with Gasteiger partial charge in [0.15, 0.2) is 17.5 Å². The monoisotopic (exact) mass is 564 g/mol. The smallest absolute Gasteiger partial charge is 0.355 e. The summed E-state index contributed by atoms with van der Waals surface area (Å²) >= 11 is 3.10. The Morgan fingerprint density at radius 2 is 1.67 bits per heavy atom. The van der Waals surface area contributed by atoms with E-state index in [1.54, 1.807) is 24.3 Å². The van der Waals surface area contributed by atoms with Crippen molar-refractivity contribution in [2.75, 3.05) is 12.4 Å². The number of aromatic amines is 1. The van der Waals surface area contributed by atoms with E-state index >= 15 is 0 Å². The lowest BCUT2D eigenvalue weighted by Crippen LogP contribution is -2.43. The van der Waals surface area contributed by atoms with Crippen molar-refractivity contribution in [1.82, 2.24) is 24.1 Å². The van der Waals surface area contributed by atoms with E-state index in [1.165, 1.54) is 13.3 Å². The second-order valence-electron chi connectivity index (χ2n) is 7.40. The molecule has 0 radical (unpaired) electrons. The minimum Gasteiger partial charge on any atom is -0.497 e. The third-order valence-corrected chi connectivity index (χ3v) is 5.42. The maximum atomic E-state index is 13.8. The zero-order valence-corrected chi connectivity index (χ0v) is 20.0. The van der Waals surface area contributed by atoms with Crippen LogP contribution in [-0.2, 0) is 13.1 Å². The molecule has 0 atom stereocenters. The van der Waals surface area contributed by atoms with Crippen LogP contribution in [0.25, 0.3) is 0 Å². The highest BCUT2D eigenvalue weighted by Crippen LogP contribution is 2.19. The molecule has 0 fully saturated rings. The fourth-order valence-corrected chi connectivity index (χ4v) is 3.59. The van der Waals surface area contributed by atoms with E-state index in [1.807, 2.05) is 0 Å².